The van der Waals surface area contributed by atoms with Gasteiger partial charge in [0.2, 0.25) is 5.78 Å². The molecule has 1 fully saturated rings. The number of fused-ring (bicyclic) bond motifs is 2. The molecule has 0 unspecified atom stereocenters. The summed E-state index contributed by atoms with van der Waals surface area (Å²) in [4.78, 5) is 19.6. The topological polar surface area (TPSA) is 96.3 Å². The summed E-state index contributed by atoms with van der Waals surface area (Å²) in [6, 6.07) is 11.0. The number of carbonyl (C=O) groups is 1. The van der Waals surface area contributed by atoms with E-state index in [4.69, 9.17) is 4.74 Å². The molecule has 0 atom stereocenters. The predicted octanol–water partition coefficient (Wildman–Crippen LogP) is 2.86. The molecule has 3 aliphatic rings. The van der Waals surface area contributed by atoms with Gasteiger partial charge >= 0.3 is 0 Å². The summed E-state index contributed by atoms with van der Waals surface area (Å²) in [6.07, 6.45) is 4.06. The van der Waals surface area contributed by atoms with Crippen LogP contribution in [0, 0.1) is 0 Å². The highest BCUT2D eigenvalue weighted by atomic mass is 32.2. The van der Waals surface area contributed by atoms with Gasteiger partial charge in [-0.3, -0.25) is 14.7 Å². The van der Waals surface area contributed by atoms with Crippen molar-refractivity contribution in [2.75, 3.05) is 19.3 Å². The third-order valence-corrected chi connectivity index (χ3v) is 8.10. The van der Waals surface area contributed by atoms with Gasteiger partial charge in [0.1, 0.15) is 21.3 Å². The second-order valence-corrected chi connectivity index (χ2v) is 10.9. The number of hydrogen-bond acceptors (Lipinski definition) is 7. The van der Waals surface area contributed by atoms with E-state index in [1.165, 1.54) is 12.3 Å². The Kier molecular flexibility index (Phi) is 5.14. The second kappa shape index (κ2) is 7.86. The van der Waals surface area contributed by atoms with Gasteiger partial charge in [-0.25, -0.2) is 8.42 Å². The van der Waals surface area contributed by atoms with E-state index < -0.39 is 9.84 Å². The highest BCUT2D eigenvalue weighted by Gasteiger charge is 2.33. The molecule has 2 aromatic rings. The molecular weight excluding hydrogens is 428 g/mol. The van der Waals surface area contributed by atoms with Crippen LogP contribution in [0.25, 0.3) is 0 Å². The number of hydrogen-bond donors (Lipinski definition) is 1. The molecule has 7 nitrogen and oxygen atoms in total. The summed E-state index contributed by atoms with van der Waals surface area (Å²) in [5.74, 6) is 0.396. The minimum atomic E-state index is -3.05. The van der Waals surface area contributed by atoms with E-state index in [0.29, 0.717) is 61.6 Å². The monoisotopic (exact) mass is 452 g/mol. The van der Waals surface area contributed by atoms with E-state index in [9.17, 15) is 18.3 Å². The fourth-order valence-electron chi connectivity index (χ4n) is 4.58. The predicted molar refractivity (Wildman–Crippen MR) is 121 cm³/mol. The molecule has 3 aliphatic heterocycles. The third-order valence-electron chi connectivity index (χ3n) is 6.42. The van der Waals surface area contributed by atoms with E-state index in [0.717, 1.165) is 11.1 Å². The number of carbonyl (C=O) groups excluding carboxylic acids is 1. The number of Topliss-reactive ketones (excluding diaryl/α,β-unsaturated/α-hetero) is 1. The first-order chi connectivity index (χ1) is 15.3. The third kappa shape index (κ3) is 3.73. The van der Waals surface area contributed by atoms with Crippen molar-refractivity contribution >= 4 is 21.3 Å². The van der Waals surface area contributed by atoms with Crippen LogP contribution in [0.5, 0.6) is 11.5 Å². The minimum absolute atomic E-state index is 0.0617. The van der Waals surface area contributed by atoms with Gasteiger partial charge in [-0.15, -0.1) is 0 Å². The van der Waals surface area contributed by atoms with Gasteiger partial charge in [0.15, 0.2) is 5.76 Å². The highest BCUT2D eigenvalue weighted by molar-refractivity contribution is 7.91. The fraction of sp³-hybridized carbons (Fsp3) is 0.333. The summed E-state index contributed by atoms with van der Waals surface area (Å²) in [7, 11) is -3.05. The Hall–Kier alpha value is -2.97. The zero-order valence-corrected chi connectivity index (χ0v) is 18.6. The molecule has 8 heteroatoms. The fourth-order valence-corrected chi connectivity index (χ4v) is 5.65. The number of aromatic hydroxyl groups is 1. The van der Waals surface area contributed by atoms with Crippen LogP contribution in [-0.2, 0) is 22.9 Å². The molecular formula is C24H24N2O5S. The van der Waals surface area contributed by atoms with Crippen molar-refractivity contribution in [2.24, 2.45) is 4.99 Å². The number of ketones is 1. The summed E-state index contributed by atoms with van der Waals surface area (Å²) in [6.45, 7) is 2.16. The van der Waals surface area contributed by atoms with E-state index >= 15 is 0 Å². The Morgan fingerprint density at radius 1 is 1.16 bits per heavy atom. The number of aliphatic imine (C=N–C) groups is 1. The molecule has 1 saturated heterocycles. The van der Waals surface area contributed by atoms with Gasteiger partial charge in [-0.2, -0.15) is 0 Å². The lowest BCUT2D eigenvalue weighted by Crippen LogP contribution is -2.38. The normalized spacial score (nSPS) is 20.2. The van der Waals surface area contributed by atoms with Gasteiger partial charge < -0.3 is 9.84 Å². The number of nitrogens with zero attached hydrogens (tertiary/aromatic N) is 2. The van der Waals surface area contributed by atoms with Gasteiger partial charge in [-0.1, -0.05) is 24.3 Å². The quantitative estimate of drug-likeness (QED) is 0.717. The maximum Gasteiger partial charge on any atom is 0.232 e. The summed E-state index contributed by atoms with van der Waals surface area (Å²) >= 11 is 0. The molecule has 0 spiro atoms. The van der Waals surface area contributed by atoms with E-state index in [1.54, 1.807) is 12.1 Å². The van der Waals surface area contributed by atoms with Crippen LogP contribution in [-0.4, -0.2) is 54.5 Å². The first kappa shape index (κ1) is 20.9. The lowest BCUT2D eigenvalue weighted by atomic mass is 10.0. The standard InChI is InChI=1S/C24H24N2O5S/c1-32(29,30)16-8-10-26(11-9-16)14-19-21(27)7-6-18-23(28)22(31-24(18)19)12-20-17-5-3-2-4-15(17)13-25-20/h2-7,12,16,27H,8-11,13-14H2,1H3/b22-12-. The molecule has 32 heavy (non-hydrogen) atoms. The first-order valence-corrected chi connectivity index (χ1v) is 12.6. The lowest BCUT2D eigenvalue weighted by Gasteiger charge is -2.31. The second-order valence-electron chi connectivity index (χ2n) is 8.54. The molecule has 0 radical (unpaired) electrons. The highest BCUT2D eigenvalue weighted by Crippen LogP contribution is 2.40. The number of piperidine rings is 1. The zero-order valence-electron chi connectivity index (χ0n) is 17.7. The van der Waals surface area contributed by atoms with Crippen molar-refractivity contribution in [3.05, 3.63) is 70.5 Å². The smallest absolute Gasteiger partial charge is 0.232 e. The Morgan fingerprint density at radius 3 is 2.66 bits per heavy atom. The maximum atomic E-state index is 13.0. The number of benzene rings is 2. The van der Waals surface area contributed by atoms with Crippen LogP contribution in [0.3, 0.4) is 0 Å². The van der Waals surface area contributed by atoms with Crippen LogP contribution in [0.1, 0.15) is 39.9 Å². The Morgan fingerprint density at radius 2 is 1.91 bits per heavy atom. The summed E-state index contributed by atoms with van der Waals surface area (Å²) in [5.41, 5.74) is 3.78. The van der Waals surface area contributed by atoms with E-state index in [2.05, 4.69) is 9.89 Å². The van der Waals surface area contributed by atoms with Crippen LogP contribution in [0.15, 0.2) is 53.2 Å². The Balaban J connectivity index is 1.38. The average molecular weight is 453 g/mol. The summed E-state index contributed by atoms with van der Waals surface area (Å²) in [5, 5.41) is 10.2. The molecule has 166 valence electrons. The maximum absolute atomic E-state index is 13.0. The van der Waals surface area contributed by atoms with Crippen molar-refractivity contribution < 1.29 is 23.1 Å². The first-order valence-electron chi connectivity index (χ1n) is 10.6. The molecule has 0 aromatic heterocycles. The molecule has 0 saturated carbocycles. The number of phenolic OH excluding ortho intramolecular Hbond substituents is 1. The van der Waals surface area contributed by atoms with Gasteiger partial charge in [0, 0.05) is 24.4 Å². The number of allylic oxidation sites excluding steroid dienone is 2. The van der Waals surface area contributed by atoms with Gasteiger partial charge in [-0.05, 0) is 43.6 Å². The van der Waals surface area contributed by atoms with Crippen molar-refractivity contribution in [3.8, 4) is 11.5 Å². The van der Waals surface area contributed by atoms with E-state index in [1.807, 2.05) is 24.3 Å². The van der Waals surface area contributed by atoms with Crippen molar-refractivity contribution in [1.29, 1.82) is 0 Å². The van der Waals surface area contributed by atoms with E-state index in [-0.39, 0.29) is 22.5 Å². The van der Waals surface area contributed by atoms with Crippen molar-refractivity contribution in [2.45, 2.75) is 31.2 Å². The molecule has 0 aliphatic carbocycles. The largest absolute Gasteiger partial charge is 0.507 e. The molecule has 2 aromatic carbocycles. The number of sulfone groups is 1. The Bertz CT molecular complexity index is 1270. The molecule has 1 N–H and O–H groups in total. The van der Waals surface area contributed by atoms with Gasteiger partial charge in [0.05, 0.1) is 28.6 Å². The number of phenols is 1. The van der Waals surface area contributed by atoms with Crippen LogP contribution in [0.4, 0.5) is 0 Å². The Labute approximate surface area is 187 Å². The number of rotatable bonds is 4. The average Bonchev–Trinajstić information content (AvgIpc) is 3.32. The van der Waals surface area contributed by atoms with Gasteiger partial charge in [0.25, 0.3) is 0 Å². The van der Waals surface area contributed by atoms with Crippen molar-refractivity contribution in [1.82, 2.24) is 4.90 Å². The SMILES string of the molecule is CS(=O)(=O)C1CCN(Cc2c(O)ccc3c2O/C(=C\C2=NCc4ccccc42)C3=O)CC1. The van der Waals surface area contributed by atoms with Crippen LogP contribution in [0.2, 0.25) is 0 Å². The number of ether oxygens (including phenoxy) is 1. The molecule has 0 bridgehead atoms. The van der Waals surface area contributed by atoms with Crippen molar-refractivity contribution in [3.63, 3.8) is 0 Å². The minimum Gasteiger partial charge on any atom is -0.507 e. The lowest BCUT2D eigenvalue weighted by molar-refractivity contribution is 0.101. The van der Waals surface area contributed by atoms with Crippen LogP contribution < -0.4 is 4.74 Å². The number of likely N-dealkylation sites (tertiary alicyclic amines) is 1. The molecule has 0 amide bonds. The molecule has 3 heterocycles. The molecule has 5 rings (SSSR count). The zero-order chi connectivity index (χ0) is 22.5. The van der Waals surface area contributed by atoms with Crippen LogP contribution >= 0.6 is 0 Å². The summed E-state index contributed by atoms with van der Waals surface area (Å²) < 4.78 is 29.6.